The van der Waals surface area contributed by atoms with Crippen molar-refractivity contribution in [3.63, 3.8) is 0 Å². The van der Waals surface area contributed by atoms with Crippen LogP contribution < -0.4 is 0 Å². The molecule has 1 heterocycles. The number of thiophene rings is 1. The molecule has 0 radical (unpaired) electrons. The van der Waals surface area contributed by atoms with E-state index < -0.39 is 0 Å². The molecule has 0 bridgehead atoms. The Hall–Kier alpha value is -1.09. The van der Waals surface area contributed by atoms with E-state index in [0.29, 0.717) is 6.47 Å². The third-order valence-electron chi connectivity index (χ3n) is 0.577. The standard InChI is InChI=1S/C4H4S.C3H4O2/c1-2-4-5-3-1;1-2-5-3-4/h1-4H;2-3H,1H2. The van der Waals surface area contributed by atoms with Crippen LogP contribution >= 0.6 is 11.3 Å². The first-order chi connectivity index (χ1) is 4.91. The first kappa shape index (κ1) is 8.91. The van der Waals surface area contributed by atoms with Crippen LogP contribution in [0.2, 0.25) is 0 Å². The fraction of sp³-hybridized carbons (Fsp3) is 0. The molecule has 3 heteroatoms. The second kappa shape index (κ2) is 7.91. The van der Waals surface area contributed by atoms with E-state index in [0.717, 1.165) is 6.26 Å². The minimum Gasteiger partial charge on any atom is -0.437 e. The molecule has 0 fully saturated rings. The van der Waals surface area contributed by atoms with Crippen molar-refractivity contribution in [1.29, 1.82) is 0 Å². The van der Waals surface area contributed by atoms with Gasteiger partial charge in [-0.15, -0.1) is 0 Å². The van der Waals surface area contributed by atoms with Crippen molar-refractivity contribution in [3.05, 3.63) is 35.7 Å². The van der Waals surface area contributed by atoms with Crippen LogP contribution in [0.15, 0.2) is 35.7 Å². The monoisotopic (exact) mass is 156 g/mol. The van der Waals surface area contributed by atoms with Gasteiger partial charge in [0.05, 0.1) is 6.26 Å². The Kier molecular flexibility index (Phi) is 7.05. The van der Waals surface area contributed by atoms with Crippen LogP contribution in [0.5, 0.6) is 0 Å². The number of rotatable bonds is 2. The molecule has 0 aliphatic carbocycles. The third-order valence-corrected chi connectivity index (χ3v) is 1.21. The Bertz CT molecular complexity index is 135. The van der Waals surface area contributed by atoms with Gasteiger partial charge in [-0.2, -0.15) is 11.3 Å². The molecule has 0 saturated heterocycles. The molecule has 10 heavy (non-hydrogen) atoms. The average Bonchev–Trinajstić information content (AvgIpc) is 2.44. The number of carbonyl (C=O) groups excluding carboxylic acids is 1. The lowest BCUT2D eigenvalue weighted by molar-refractivity contribution is -0.123. The van der Waals surface area contributed by atoms with Crippen molar-refractivity contribution in [2.24, 2.45) is 0 Å². The van der Waals surface area contributed by atoms with E-state index in [1.165, 1.54) is 0 Å². The summed E-state index contributed by atoms with van der Waals surface area (Å²) >= 11 is 1.71. The van der Waals surface area contributed by atoms with Crippen LogP contribution in [-0.4, -0.2) is 6.47 Å². The lowest BCUT2D eigenvalue weighted by Gasteiger charge is -1.71. The van der Waals surface area contributed by atoms with Crippen molar-refractivity contribution in [1.82, 2.24) is 0 Å². The summed E-state index contributed by atoms with van der Waals surface area (Å²) in [5.74, 6) is 0. The van der Waals surface area contributed by atoms with Crippen LogP contribution in [0, 0.1) is 0 Å². The normalized spacial score (nSPS) is 6.80. The van der Waals surface area contributed by atoms with Crippen molar-refractivity contribution >= 4 is 17.8 Å². The minimum absolute atomic E-state index is 0.312. The van der Waals surface area contributed by atoms with Crippen LogP contribution in [-0.2, 0) is 9.53 Å². The van der Waals surface area contributed by atoms with Gasteiger partial charge in [0.2, 0.25) is 0 Å². The zero-order valence-electron chi connectivity index (χ0n) is 5.40. The molecule has 0 atom stereocenters. The quantitative estimate of drug-likeness (QED) is 0.484. The van der Waals surface area contributed by atoms with Crippen molar-refractivity contribution < 1.29 is 9.53 Å². The molecule has 1 aromatic heterocycles. The highest BCUT2D eigenvalue weighted by Crippen LogP contribution is 1.91. The highest BCUT2D eigenvalue weighted by Gasteiger charge is 1.58. The second-order valence-corrected chi connectivity index (χ2v) is 2.01. The zero-order chi connectivity index (χ0) is 7.66. The summed E-state index contributed by atoms with van der Waals surface area (Å²) < 4.78 is 3.92. The molecule has 0 unspecified atom stereocenters. The molecule has 0 spiro atoms. The molecule has 0 saturated carbocycles. The van der Waals surface area contributed by atoms with Gasteiger partial charge in [0.15, 0.2) is 0 Å². The molecule has 54 valence electrons. The molecular formula is C7H8O2S. The lowest BCUT2D eigenvalue weighted by Crippen LogP contribution is -1.66. The summed E-state index contributed by atoms with van der Waals surface area (Å²) in [6.45, 7) is 3.41. The van der Waals surface area contributed by atoms with Gasteiger partial charge in [0, 0.05) is 0 Å². The Balaban J connectivity index is 0.000000162. The van der Waals surface area contributed by atoms with Gasteiger partial charge >= 0.3 is 0 Å². The van der Waals surface area contributed by atoms with Crippen LogP contribution in [0.25, 0.3) is 0 Å². The molecule has 0 amide bonds. The summed E-state index contributed by atoms with van der Waals surface area (Å²) in [4.78, 5) is 9.11. The molecule has 0 aromatic carbocycles. The number of carbonyl (C=O) groups is 1. The smallest absolute Gasteiger partial charge is 0.297 e. The Morgan fingerprint density at radius 3 is 2.10 bits per heavy atom. The van der Waals surface area contributed by atoms with E-state index in [-0.39, 0.29) is 0 Å². The van der Waals surface area contributed by atoms with E-state index in [1.807, 2.05) is 22.9 Å². The largest absolute Gasteiger partial charge is 0.437 e. The highest BCUT2D eigenvalue weighted by molar-refractivity contribution is 7.07. The maximum Gasteiger partial charge on any atom is 0.297 e. The SMILES string of the molecule is C=COC=O.c1ccsc1. The van der Waals surface area contributed by atoms with Crippen LogP contribution in [0.3, 0.4) is 0 Å². The summed E-state index contributed by atoms with van der Waals surface area (Å²) in [7, 11) is 0. The highest BCUT2D eigenvalue weighted by atomic mass is 32.1. The molecule has 2 nitrogen and oxygen atoms in total. The van der Waals surface area contributed by atoms with Gasteiger partial charge in [-0.1, -0.05) is 18.7 Å². The van der Waals surface area contributed by atoms with E-state index in [2.05, 4.69) is 11.3 Å². The van der Waals surface area contributed by atoms with Gasteiger partial charge in [0.25, 0.3) is 6.47 Å². The third kappa shape index (κ3) is 6.91. The van der Waals surface area contributed by atoms with Gasteiger partial charge in [-0.05, 0) is 10.8 Å². The van der Waals surface area contributed by atoms with Crippen LogP contribution in [0.4, 0.5) is 0 Å². The number of hydrogen-bond acceptors (Lipinski definition) is 3. The first-order valence-electron chi connectivity index (χ1n) is 2.59. The zero-order valence-corrected chi connectivity index (χ0v) is 6.21. The summed E-state index contributed by atoms with van der Waals surface area (Å²) in [6, 6.07) is 4.04. The van der Waals surface area contributed by atoms with Crippen molar-refractivity contribution in [2.75, 3.05) is 0 Å². The maximum atomic E-state index is 9.11. The maximum absolute atomic E-state index is 9.11. The summed E-state index contributed by atoms with van der Waals surface area (Å²) in [5.41, 5.74) is 0. The van der Waals surface area contributed by atoms with Gasteiger partial charge in [-0.3, -0.25) is 4.79 Å². The molecule has 0 aliphatic rings. The molecule has 1 aromatic rings. The van der Waals surface area contributed by atoms with Gasteiger partial charge in [-0.25, -0.2) is 0 Å². The second-order valence-electron chi connectivity index (χ2n) is 1.19. The average molecular weight is 156 g/mol. The lowest BCUT2D eigenvalue weighted by atomic mass is 10.7. The van der Waals surface area contributed by atoms with E-state index in [9.17, 15) is 0 Å². The fourth-order valence-electron chi connectivity index (χ4n) is 0.266. The van der Waals surface area contributed by atoms with E-state index >= 15 is 0 Å². The predicted octanol–water partition coefficient (Wildman–Crippen LogP) is 2.05. The molecule has 1 rings (SSSR count). The van der Waals surface area contributed by atoms with Crippen LogP contribution in [0.1, 0.15) is 0 Å². The van der Waals surface area contributed by atoms with Gasteiger partial charge in [0.1, 0.15) is 0 Å². The molecular weight excluding hydrogens is 148 g/mol. The van der Waals surface area contributed by atoms with E-state index in [1.54, 1.807) is 11.3 Å². The number of ether oxygens (including phenoxy) is 1. The predicted molar refractivity (Wildman–Crippen MR) is 41.7 cm³/mol. The summed E-state index contributed by atoms with van der Waals surface area (Å²) in [6.07, 6.45) is 1.06. The molecule has 0 N–H and O–H groups in total. The van der Waals surface area contributed by atoms with Crippen molar-refractivity contribution in [3.8, 4) is 0 Å². The summed E-state index contributed by atoms with van der Waals surface area (Å²) in [5, 5.41) is 4.08. The Labute approximate surface area is 63.8 Å². The fourth-order valence-corrected chi connectivity index (χ4v) is 0.720. The number of hydrogen-bond donors (Lipinski definition) is 0. The van der Waals surface area contributed by atoms with Gasteiger partial charge < -0.3 is 4.74 Å². The Morgan fingerprint density at radius 1 is 1.40 bits per heavy atom. The Morgan fingerprint density at radius 2 is 2.00 bits per heavy atom. The first-order valence-corrected chi connectivity index (χ1v) is 3.53. The minimum atomic E-state index is 0.312. The molecule has 0 aliphatic heterocycles. The van der Waals surface area contributed by atoms with Crippen molar-refractivity contribution in [2.45, 2.75) is 0 Å². The van der Waals surface area contributed by atoms with E-state index in [4.69, 9.17) is 4.79 Å². The topological polar surface area (TPSA) is 26.3 Å².